The van der Waals surface area contributed by atoms with Crippen molar-refractivity contribution in [2.24, 2.45) is 0 Å². The number of hydrogen-bond donors (Lipinski definition) is 0. The third kappa shape index (κ3) is 4.73. The first-order valence-corrected chi connectivity index (χ1v) is 15.2. The summed E-state index contributed by atoms with van der Waals surface area (Å²) in [5, 5.41) is 1.88. The molecule has 0 spiro atoms. The van der Waals surface area contributed by atoms with Gasteiger partial charge in [-0.25, -0.2) is 0 Å². The quantitative estimate of drug-likeness (QED) is 0.201. The lowest BCUT2D eigenvalue weighted by Gasteiger charge is -2.21. The van der Waals surface area contributed by atoms with Gasteiger partial charge in [-0.05, 0) is 79.3 Å². The summed E-state index contributed by atoms with van der Waals surface area (Å²) in [6.07, 6.45) is 1.09. The van der Waals surface area contributed by atoms with Crippen molar-refractivity contribution in [1.29, 1.82) is 0 Å². The molecule has 1 atom stereocenters. The summed E-state index contributed by atoms with van der Waals surface area (Å²) in [4.78, 5) is 0. The molecule has 0 bridgehead atoms. The Morgan fingerprint density at radius 2 is 1.70 bits per heavy atom. The maximum absolute atomic E-state index is 6.33. The van der Waals surface area contributed by atoms with Crippen LogP contribution in [0.15, 0.2) is 34.7 Å². The number of fused-ring (bicyclic) bond motifs is 2. The van der Waals surface area contributed by atoms with E-state index in [9.17, 15) is 0 Å². The van der Waals surface area contributed by atoms with Crippen molar-refractivity contribution in [3.05, 3.63) is 46.0 Å². The molecule has 3 rings (SSSR count). The number of benzene rings is 2. The smallest absolute Gasteiger partial charge is 0.222 e. The molecule has 3 aromatic rings. The Hall–Kier alpha value is -0.520. The van der Waals surface area contributed by atoms with Crippen LogP contribution in [0.3, 0.4) is 0 Å². The highest BCUT2D eigenvalue weighted by Crippen LogP contribution is 2.69. The highest BCUT2D eigenvalue weighted by molar-refractivity contribution is 8.99. The van der Waals surface area contributed by atoms with Crippen LogP contribution >= 0.6 is 39.6 Å². The van der Waals surface area contributed by atoms with Gasteiger partial charge in [-0.1, -0.05) is 48.8 Å². The Morgan fingerprint density at radius 3 is 2.41 bits per heavy atom. The molecule has 0 fully saturated rings. The van der Waals surface area contributed by atoms with Crippen LogP contribution < -0.4 is 4.52 Å². The zero-order chi connectivity index (χ0) is 19.6. The fraction of sp³-hybridized carbons (Fsp3) is 0.350. The first-order chi connectivity index (χ1) is 12.9. The minimum atomic E-state index is -2.01. The maximum Gasteiger partial charge on any atom is 0.222 e. The van der Waals surface area contributed by atoms with Crippen LogP contribution in [-0.2, 0) is 11.8 Å². The van der Waals surface area contributed by atoms with E-state index in [2.05, 4.69) is 39.8 Å². The van der Waals surface area contributed by atoms with E-state index in [1.165, 1.54) is 11.1 Å². The highest BCUT2D eigenvalue weighted by Gasteiger charge is 2.20. The van der Waals surface area contributed by atoms with Gasteiger partial charge in [-0.2, -0.15) is 0 Å². The second-order valence-electron chi connectivity index (χ2n) is 6.31. The molecule has 27 heavy (non-hydrogen) atoms. The lowest BCUT2D eigenvalue weighted by atomic mass is 10.1. The van der Waals surface area contributed by atoms with Crippen molar-refractivity contribution in [3.63, 3.8) is 0 Å². The van der Waals surface area contributed by atoms with Gasteiger partial charge in [0.2, 0.25) is 4.67 Å². The van der Waals surface area contributed by atoms with Crippen molar-refractivity contribution >= 4 is 73.4 Å². The molecule has 0 amide bonds. The third-order valence-corrected chi connectivity index (χ3v) is 14.3. The SMILES string of the molecule is CCCSP(=S)(Oc1ccc2oc3cc(C)c(C)cc3c(=S)c2c1)SCC. The average molecular weight is 455 g/mol. The molecule has 0 aliphatic rings. The minimum absolute atomic E-state index is 0.778. The monoisotopic (exact) mass is 454 g/mol. The molecule has 1 heterocycles. The molecule has 0 saturated carbocycles. The van der Waals surface area contributed by atoms with Gasteiger partial charge in [-0.3, -0.25) is 0 Å². The second kappa shape index (κ2) is 8.87. The van der Waals surface area contributed by atoms with E-state index in [1.807, 2.05) is 18.2 Å². The summed E-state index contributed by atoms with van der Waals surface area (Å²) >= 11 is 15.2. The van der Waals surface area contributed by atoms with Crippen LogP contribution in [-0.4, -0.2) is 11.5 Å². The molecule has 1 unspecified atom stereocenters. The molecule has 0 N–H and O–H groups in total. The number of aryl methyl sites for hydroxylation is 2. The molecule has 0 saturated heterocycles. The average Bonchev–Trinajstić information content (AvgIpc) is 2.63. The summed E-state index contributed by atoms with van der Waals surface area (Å²) < 4.78 is 11.2. The van der Waals surface area contributed by atoms with Gasteiger partial charge in [0.05, 0.1) is 4.51 Å². The summed E-state index contributed by atoms with van der Waals surface area (Å²) in [5.41, 5.74) is 4.02. The molecule has 2 nitrogen and oxygen atoms in total. The van der Waals surface area contributed by atoms with E-state index in [1.54, 1.807) is 22.8 Å². The first kappa shape index (κ1) is 21.2. The largest absolute Gasteiger partial charge is 0.456 e. The van der Waals surface area contributed by atoms with Gasteiger partial charge in [0, 0.05) is 16.5 Å². The maximum atomic E-state index is 6.33. The predicted molar refractivity (Wildman–Crippen MR) is 130 cm³/mol. The normalized spacial score (nSPS) is 13.8. The second-order valence-corrected chi connectivity index (χ2v) is 17.6. The van der Waals surface area contributed by atoms with Gasteiger partial charge in [-0.15, -0.1) is 0 Å². The molecule has 1 aromatic heterocycles. The van der Waals surface area contributed by atoms with Crippen LogP contribution in [0.25, 0.3) is 21.9 Å². The molecular formula is C20H23O2PS4. The molecule has 0 aliphatic heterocycles. The molecule has 0 radical (unpaired) electrons. The Labute approximate surface area is 179 Å². The Balaban J connectivity index is 2.07. The summed E-state index contributed by atoms with van der Waals surface area (Å²) in [6.45, 7) is 8.47. The van der Waals surface area contributed by atoms with Gasteiger partial charge in [0.15, 0.2) is 0 Å². The Morgan fingerprint density at radius 1 is 1.00 bits per heavy atom. The van der Waals surface area contributed by atoms with Gasteiger partial charge >= 0.3 is 0 Å². The fourth-order valence-electron chi connectivity index (χ4n) is 2.73. The van der Waals surface area contributed by atoms with E-state index in [-0.39, 0.29) is 0 Å². The van der Waals surface area contributed by atoms with Gasteiger partial charge < -0.3 is 8.94 Å². The van der Waals surface area contributed by atoms with Crippen LogP contribution in [0, 0.1) is 18.4 Å². The van der Waals surface area contributed by atoms with Gasteiger partial charge in [0.25, 0.3) is 0 Å². The van der Waals surface area contributed by atoms with Crippen molar-refractivity contribution in [2.45, 2.75) is 34.1 Å². The van der Waals surface area contributed by atoms with E-state index in [0.717, 1.165) is 50.1 Å². The van der Waals surface area contributed by atoms with Crippen LogP contribution in [0.2, 0.25) is 0 Å². The fourth-order valence-corrected chi connectivity index (χ4v) is 11.7. The minimum Gasteiger partial charge on any atom is -0.456 e. The molecule has 2 aromatic carbocycles. The zero-order valence-electron chi connectivity index (χ0n) is 15.9. The zero-order valence-corrected chi connectivity index (χ0v) is 20.1. The van der Waals surface area contributed by atoms with Crippen LogP contribution in [0.5, 0.6) is 5.75 Å². The topological polar surface area (TPSA) is 22.4 Å². The lowest BCUT2D eigenvalue weighted by Crippen LogP contribution is -1.90. The predicted octanol–water partition coefficient (Wildman–Crippen LogP) is 8.43. The Kier molecular flexibility index (Phi) is 6.97. The van der Waals surface area contributed by atoms with Crippen molar-refractivity contribution in [2.75, 3.05) is 11.5 Å². The van der Waals surface area contributed by atoms with E-state index in [0.29, 0.717) is 0 Å². The number of hydrogen-bond acceptors (Lipinski definition) is 6. The molecule has 144 valence electrons. The van der Waals surface area contributed by atoms with E-state index in [4.69, 9.17) is 33.0 Å². The highest BCUT2D eigenvalue weighted by atomic mass is 33.2. The van der Waals surface area contributed by atoms with Crippen LogP contribution in [0.1, 0.15) is 31.4 Å². The first-order valence-electron chi connectivity index (χ1n) is 8.93. The molecule has 0 aliphatic carbocycles. The van der Waals surface area contributed by atoms with E-state index >= 15 is 0 Å². The summed E-state index contributed by atoms with van der Waals surface area (Å²) in [6, 6.07) is 10.0. The third-order valence-electron chi connectivity index (χ3n) is 4.21. The van der Waals surface area contributed by atoms with Crippen LogP contribution in [0.4, 0.5) is 0 Å². The molecule has 7 heteroatoms. The number of rotatable bonds is 7. The van der Waals surface area contributed by atoms with Crippen molar-refractivity contribution in [1.82, 2.24) is 0 Å². The molecular weight excluding hydrogens is 431 g/mol. The van der Waals surface area contributed by atoms with Crippen molar-refractivity contribution in [3.8, 4) is 5.75 Å². The van der Waals surface area contributed by atoms with Crippen molar-refractivity contribution < 1.29 is 8.94 Å². The Bertz CT molecular complexity index is 1090. The lowest BCUT2D eigenvalue weighted by molar-refractivity contribution is 0.633. The standard InChI is InChI=1S/C20H23O2PS4/c1-5-9-27-23(25,26-6-2)22-15-7-8-18-17(12-15)20(24)16-10-13(3)14(4)11-19(16)21-18/h7-8,10-12H,5-6,9H2,1-4H3. The van der Waals surface area contributed by atoms with Gasteiger partial charge in [0.1, 0.15) is 16.9 Å². The van der Waals surface area contributed by atoms with E-state index < -0.39 is 4.67 Å². The summed E-state index contributed by atoms with van der Waals surface area (Å²) in [5.74, 6) is 2.75. The summed E-state index contributed by atoms with van der Waals surface area (Å²) in [7, 11) is 0.